The van der Waals surface area contributed by atoms with Gasteiger partial charge in [0.15, 0.2) is 0 Å². The van der Waals surface area contributed by atoms with Crippen molar-refractivity contribution in [3.63, 3.8) is 0 Å². The van der Waals surface area contributed by atoms with E-state index in [4.69, 9.17) is 5.73 Å². The molecule has 1 saturated carbocycles. The summed E-state index contributed by atoms with van der Waals surface area (Å²) < 4.78 is 0. The van der Waals surface area contributed by atoms with Crippen LogP contribution in [0.25, 0.3) is 0 Å². The first-order valence-electron chi connectivity index (χ1n) is 3.94. The highest BCUT2D eigenvalue weighted by Gasteiger charge is 2.56. The lowest BCUT2D eigenvalue weighted by Gasteiger charge is -2.02. The highest BCUT2D eigenvalue weighted by molar-refractivity contribution is 5.85. The number of carbonyl (C=O) groups is 1. The fourth-order valence-electron chi connectivity index (χ4n) is 1.55. The Bertz CT molecular complexity index is 306. The van der Waals surface area contributed by atoms with E-state index >= 15 is 0 Å². The van der Waals surface area contributed by atoms with Crippen LogP contribution >= 0.6 is 0 Å². The number of primary amides is 1. The summed E-state index contributed by atoms with van der Waals surface area (Å²) in [6.07, 6.45) is 2.53. The van der Waals surface area contributed by atoms with Gasteiger partial charge in [-0.2, -0.15) is 5.10 Å². The van der Waals surface area contributed by atoms with Gasteiger partial charge in [0.1, 0.15) is 0 Å². The summed E-state index contributed by atoms with van der Waals surface area (Å²) in [5.41, 5.74) is 5.92. The SMILES string of the molecule is CC1(C(N)=O)CC1c1ccn[nH]1. The quantitative estimate of drug-likeness (QED) is 0.665. The van der Waals surface area contributed by atoms with Gasteiger partial charge in [0.2, 0.25) is 5.91 Å². The molecule has 64 valence electrons. The first-order chi connectivity index (χ1) is 5.64. The molecule has 0 aliphatic heterocycles. The second kappa shape index (κ2) is 2.09. The van der Waals surface area contributed by atoms with Crippen molar-refractivity contribution in [2.75, 3.05) is 0 Å². The largest absolute Gasteiger partial charge is 0.369 e. The molecule has 2 unspecified atom stereocenters. The van der Waals surface area contributed by atoms with Gasteiger partial charge >= 0.3 is 0 Å². The van der Waals surface area contributed by atoms with Crippen LogP contribution in [-0.4, -0.2) is 16.1 Å². The van der Waals surface area contributed by atoms with E-state index in [0.717, 1.165) is 12.1 Å². The number of H-pyrrole nitrogens is 1. The maximum absolute atomic E-state index is 11.0. The lowest BCUT2D eigenvalue weighted by molar-refractivity contribution is -0.122. The van der Waals surface area contributed by atoms with Crippen LogP contribution in [0, 0.1) is 5.41 Å². The molecule has 12 heavy (non-hydrogen) atoms. The van der Waals surface area contributed by atoms with E-state index in [9.17, 15) is 4.79 Å². The Morgan fingerprint density at radius 2 is 2.67 bits per heavy atom. The van der Waals surface area contributed by atoms with Crippen LogP contribution in [0.3, 0.4) is 0 Å². The van der Waals surface area contributed by atoms with Gasteiger partial charge in [0.25, 0.3) is 0 Å². The first kappa shape index (κ1) is 7.34. The first-order valence-corrected chi connectivity index (χ1v) is 3.94. The molecular weight excluding hydrogens is 154 g/mol. The van der Waals surface area contributed by atoms with Crippen molar-refractivity contribution < 1.29 is 4.79 Å². The number of rotatable bonds is 2. The fraction of sp³-hybridized carbons (Fsp3) is 0.500. The van der Waals surface area contributed by atoms with Crippen LogP contribution in [0.2, 0.25) is 0 Å². The molecule has 2 rings (SSSR count). The lowest BCUT2D eigenvalue weighted by atomic mass is 10.0. The zero-order valence-corrected chi connectivity index (χ0v) is 6.87. The van der Waals surface area contributed by atoms with E-state index in [1.165, 1.54) is 0 Å². The second-order valence-electron chi connectivity index (χ2n) is 3.55. The van der Waals surface area contributed by atoms with E-state index in [0.29, 0.717) is 0 Å². The molecule has 1 heterocycles. The average molecular weight is 165 g/mol. The number of hydrogen-bond acceptors (Lipinski definition) is 2. The molecule has 1 aromatic heterocycles. The van der Waals surface area contributed by atoms with Gasteiger partial charge in [-0.25, -0.2) is 0 Å². The molecule has 0 saturated heterocycles. The Labute approximate surface area is 70.1 Å². The summed E-state index contributed by atoms with van der Waals surface area (Å²) in [6, 6.07) is 1.89. The third-order valence-electron chi connectivity index (χ3n) is 2.70. The smallest absolute Gasteiger partial charge is 0.224 e. The minimum atomic E-state index is -0.341. The Hall–Kier alpha value is -1.32. The standard InChI is InChI=1S/C8H11N3O/c1-8(7(9)12)4-5(8)6-2-3-10-11-6/h2-3,5H,4H2,1H3,(H2,9,12)(H,10,11). The normalized spacial score (nSPS) is 33.2. The van der Waals surface area contributed by atoms with Crippen molar-refractivity contribution in [1.82, 2.24) is 10.2 Å². The van der Waals surface area contributed by atoms with Gasteiger partial charge in [0, 0.05) is 17.8 Å². The number of hydrogen-bond donors (Lipinski definition) is 2. The summed E-state index contributed by atoms with van der Waals surface area (Å²) in [6.45, 7) is 1.89. The number of nitrogens with one attached hydrogen (secondary N) is 1. The number of nitrogens with zero attached hydrogens (tertiary/aromatic N) is 1. The van der Waals surface area contributed by atoms with Crippen LogP contribution < -0.4 is 5.73 Å². The highest BCUT2D eigenvalue weighted by Crippen LogP contribution is 2.58. The second-order valence-corrected chi connectivity index (χ2v) is 3.55. The summed E-state index contributed by atoms with van der Waals surface area (Å²) in [5.74, 6) is 0.0274. The van der Waals surface area contributed by atoms with Crippen molar-refractivity contribution in [1.29, 1.82) is 0 Å². The molecule has 0 spiro atoms. The number of nitrogens with two attached hydrogens (primary N) is 1. The van der Waals surface area contributed by atoms with Gasteiger partial charge in [-0.05, 0) is 12.5 Å². The molecule has 1 amide bonds. The van der Waals surface area contributed by atoms with Crippen LogP contribution in [0.15, 0.2) is 12.3 Å². The Balaban J connectivity index is 2.19. The van der Waals surface area contributed by atoms with E-state index in [1.54, 1.807) is 6.20 Å². The predicted octanol–water partition coefficient (Wildman–Crippen LogP) is 0.389. The number of aromatic amines is 1. The van der Waals surface area contributed by atoms with Crippen molar-refractivity contribution in [3.05, 3.63) is 18.0 Å². The van der Waals surface area contributed by atoms with Crippen molar-refractivity contribution in [2.45, 2.75) is 19.3 Å². The average Bonchev–Trinajstić information content (AvgIpc) is 2.49. The van der Waals surface area contributed by atoms with Crippen molar-refractivity contribution in [2.24, 2.45) is 11.1 Å². The van der Waals surface area contributed by atoms with Crippen LogP contribution in [0.5, 0.6) is 0 Å². The summed E-state index contributed by atoms with van der Waals surface area (Å²) >= 11 is 0. The minimum Gasteiger partial charge on any atom is -0.369 e. The molecule has 0 radical (unpaired) electrons. The number of carbonyl (C=O) groups excluding carboxylic acids is 1. The summed E-state index contributed by atoms with van der Waals surface area (Å²) in [7, 11) is 0. The molecule has 1 fully saturated rings. The summed E-state index contributed by atoms with van der Waals surface area (Å²) in [5, 5.41) is 6.68. The van der Waals surface area contributed by atoms with Gasteiger partial charge in [-0.3, -0.25) is 9.89 Å². The molecule has 3 N–H and O–H groups in total. The molecule has 1 aliphatic carbocycles. The van der Waals surface area contributed by atoms with Crippen LogP contribution in [0.4, 0.5) is 0 Å². The Morgan fingerprint density at radius 1 is 1.92 bits per heavy atom. The molecule has 4 heteroatoms. The van der Waals surface area contributed by atoms with E-state index < -0.39 is 0 Å². The Morgan fingerprint density at radius 3 is 3.08 bits per heavy atom. The maximum Gasteiger partial charge on any atom is 0.224 e. The molecule has 1 aliphatic rings. The molecule has 1 aromatic rings. The van der Waals surface area contributed by atoms with Gasteiger partial charge in [-0.15, -0.1) is 0 Å². The van der Waals surface area contributed by atoms with Crippen molar-refractivity contribution in [3.8, 4) is 0 Å². The minimum absolute atomic E-state index is 0.220. The number of amides is 1. The van der Waals surface area contributed by atoms with Crippen LogP contribution in [0.1, 0.15) is 25.0 Å². The fourth-order valence-corrected chi connectivity index (χ4v) is 1.55. The van der Waals surface area contributed by atoms with E-state index in [1.807, 2.05) is 13.0 Å². The van der Waals surface area contributed by atoms with Gasteiger partial charge < -0.3 is 5.73 Å². The zero-order chi connectivity index (χ0) is 8.77. The summed E-state index contributed by atoms with van der Waals surface area (Å²) in [4.78, 5) is 11.0. The van der Waals surface area contributed by atoms with Crippen molar-refractivity contribution >= 4 is 5.91 Å². The lowest BCUT2D eigenvalue weighted by Crippen LogP contribution is -2.23. The number of aromatic nitrogens is 2. The van der Waals surface area contributed by atoms with E-state index in [2.05, 4.69) is 10.2 Å². The topological polar surface area (TPSA) is 71.8 Å². The maximum atomic E-state index is 11.0. The Kier molecular flexibility index (Phi) is 1.28. The van der Waals surface area contributed by atoms with Gasteiger partial charge in [-0.1, -0.05) is 6.92 Å². The van der Waals surface area contributed by atoms with Crippen LogP contribution in [-0.2, 0) is 4.79 Å². The molecule has 2 atom stereocenters. The molecule has 0 aromatic carbocycles. The third kappa shape index (κ3) is 0.841. The van der Waals surface area contributed by atoms with E-state index in [-0.39, 0.29) is 17.2 Å². The monoisotopic (exact) mass is 165 g/mol. The van der Waals surface area contributed by atoms with Gasteiger partial charge in [0.05, 0.1) is 5.41 Å². The molecular formula is C8H11N3O. The predicted molar refractivity (Wildman–Crippen MR) is 43.2 cm³/mol. The third-order valence-corrected chi connectivity index (χ3v) is 2.70. The zero-order valence-electron chi connectivity index (χ0n) is 6.87. The molecule has 4 nitrogen and oxygen atoms in total. The highest BCUT2D eigenvalue weighted by atomic mass is 16.1. The molecule has 0 bridgehead atoms.